The van der Waals surface area contributed by atoms with Crippen molar-refractivity contribution in [3.63, 3.8) is 0 Å². The molecule has 1 saturated heterocycles. The van der Waals surface area contributed by atoms with Crippen LogP contribution in [-0.4, -0.2) is 67.1 Å². The number of hydrogen-bond donors (Lipinski definition) is 1. The summed E-state index contributed by atoms with van der Waals surface area (Å²) in [5, 5.41) is 28.5. The van der Waals surface area contributed by atoms with Crippen LogP contribution in [0.3, 0.4) is 0 Å². The minimum absolute atomic E-state index is 0. The van der Waals surface area contributed by atoms with Crippen LogP contribution >= 0.6 is 11.8 Å². The van der Waals surface area contributed by atoms with E-state index in [4.69, 9.17) is 4.74 Å². The van der Waals surface area contributed by atoms with Crippen LogP contribution < -0.4 is 40.0 Å². The van der Waals surface area contributed by atoms with Gasteiger partial charge in [-0.25, -0.2) is 0 Å². The molecular weight excluding hydrogens is 457 g/mol. The number of aromatic nitrogens is 2. The predicted molar refractivity (Wildman–Crippen MR) is 102 cm³/mol. The summed E-state index contributed by atoms with van der Waals surface area (Å²) in [5.74, 6) is -3.27. The van der Waals surface area contributed by atoms with E-state index in [9.17, 15) is 34.4 Å². The molecule has 0 aliphatic carbocycles. The molecule has 1 N–H and O–H groups in total. The van der Waals surface area contributed by atoms with E-state index in [-0.39, 0.29) is 76.8 Å². The SMILES string of the molecule is CC(=O)OCC1=C(C(=O)[O-])N2C(=O)C(NC(=O)Cn3nc(C)c([N+](=O)[O-])c3C)C2SC1.[Na+]. The summed E-state index contributed by atoms with van der Waals surface area (Å²) >= 11 is 1.21. The molecule has 2 aliphatic rings. The van der Waals surface area contributed by atoms with Crippen molar-refractivity contribution < 1.29 is 63.5 Å². The first-order valence-electron chi connectivity index (χ1n) is 9.02. The monoisotopic (exact) mass is 475 g/mol. The molecule has 2 atom stereocenters. The molecule has 0 aromatic carbocycles. The number of carbonyl (C=O) groups is 4. The van der Waals surface area contributed by atoms with Gasteiger partial charge in [-0.2, -0.15) is 5.10 Å². The third kappa shape index (κ3) is 4.82. The van der Waals surface area contributed by atoms with Gasteiger partial charge in [0.25, 0.3) is 5.91 Å². The standard InChI is InChI=1S/C17H19N5O8S.Na/c1-7-13(22(28)29)8(2)20(19-7)4-11(24)18-12-15(25)21-14(17(26)27)10(5-30-9(3)23)6-31-16(12)21;/h12,16H,4-6H2,1-3H3,(H,18,24)(H,26,27);/q;+1/p-1. The molecule has 0 saturated carbocycles. The van der Waals surface area contributed by atoms with E-state index in [1.54, 1.807) is 0 Å². The fourth-order valence-electron chi connectivity index (χ4n) is 3.43. The van der Waals surface area contributed by atoms with Crippen LogP contribution in [0.1, 0.15) is 18.3 Å². The Morgan fingerprint density at radius 1 is 1.34 bits per heavy atom. The third-order valence-electron chi connectivity index (χ3n) is 4.83. The number of hydrogen-bond acceptors (Lipinski definition) is 10. The number of aryl methyl sites for hydroxylation is 1. The van der Waals surface area contributed by atoms with Gasteiger partial charge >= 0.3 is 41.2 Å². The molecule has 1 aromatic heterocycles. The Bertz CT molecular complexity index is 1040. The van der Waals surface area contributed by atoms with Crippen LogP contribution in [0, 0.1) is 24.0 Å². The Morgan fingerprint density at radius 2 is 2.00 bits per heavy atom. The number of esters is 1. The summed E-state index contributed by atoms with van der Waals surface area (Å²) in [6, 6.07) is -0.978. The molecule has 3 rings (SSSR count). The van der Waals surface area contributed by atoms with Crippen LogP contribution in [0.25, 0.3) is 0 Å². The second kappa shape index (κ2) is 10.0. The minimum atomic E-state index is -1.58. The largest absolute Gasteiger partial charge is 1.00 e. The number of amides is 2. The van der Waals surface area contributed by atoms with Crippen molar-refractivity contribution in [1.82, 2.24) is 20.0 Å². The average molecular weight is 475 g/mol. The number of ether oxygens (including phenoxy) is 1. The van der Waals surface area contributed by atoms with Gasteiger partial charge in [-0.15, -0.1) is 11.8 Å². The first kappa shape index (κ1) is 25.8. The van der Waals surface area contributed by atoms with Gasteiger partial charge in [-0.05, 0) is 13.8 Å². The molecule has 3 heterocycles. The van der Waals surface area contributed by atoms with Gasteiger partial charge in [-0.1, -0.05) is 0 Å². The molecule has 166 valence electrons. The number of thioether (sulfide) groups is 1. The second-order valence-corrected chi connectivity index (χ2v) is 8.01. The number of carboxylic acids is 1. The molecule has 1 fully saturated rings. The zero-order valence-electron chi connectivity index (χ0n) is 17.7. The van der Waals surface area contributed by atoms with E-state index < -0.39 is 40.1 Å². The molecule has 13 nitrogen and oxygen atoms in total. The normalized spacial score (nSPS) is 19.5. The van der Waals surface area contributed by atoms with Crippen molar-refractivity contribution in [2.45, 2.75) is 38.7 Å². The first-order chi connectivity index (χ1) is 14.5. The first-order valence-corrected chi connectivity index (χ1v) is 10.1. The maximum atomic E-state index is 12.6. The summed E-state index contributed by atoms with van der Waals surface area (Å²) in [6.07, 6.45) is 0. The quantitative estimate of drug-likeness (QED) is 0.133. The van der Waals surface area contributed by atoms with E-state index in [2.05, 4.69) is 10.4 Å². The molecule has 0 radical (unpaired) electrons. The number of nitrogens with one attached hydrogen (secondary N) is 1. The fourth-order valence-corrected chi connectivity index (χ4v) is 4.76. The van der Waals surface area contributed by atoms with Crippen molar-refractivity contribution in [3.05, 3.63) is 32.8 Å². The molecular formula is C17H18N5NaO8S. The summed E-state index contributed by atoms with van der Waals surface area (Å²) in [5.41, 5.74) is 0.0291. The summed E-state index contributed by atoms with van der Waals surface area (Å²) < 4.78 is 6.00. The zero-order chi connectivity index (χ0) is 23.0. The van der Waals surface area contributed by atoms with Crippen molar-refractivity contribution in [3.8, 4) is 0 Å². The van der Waals surface area contributed by atoms with Gasteiger partial charge in [-0.3, -0.25) is 34.1 Å². The number of aliphatic carboxylic acids is 1. The van der Waals surface area contributed by atoms with Gasteiger partial charge < -0.3 is 20.0 Å². The van der Waals surface area contributed by atoms with Crippen LogP contribution in [0.2, 0.25) is 0 Å². The molecule has 2 amide bonds. The maximum absolute atomic E-state index is 12.6. The number of rotatable bonds is 7. The van der Waals surface area contributed by atoms with Gasteiger partial charge in [0.2, 0.25) is 5.91 Å². The van der Waals surface area contributed by atoms with Crippen LogP contribution in [0.5, 0.6) is 0 Å². The molecule has 0 bridgehead atoms. The number of carbonyl (C=O) groups excluding carboxylic acids is 4. The van der Waals surface area contributed by atoms with Gasteiger partial charge in [0.05, 0.1) is 16.6 Å². The maximum Gasteiger partial charge on any atom is 1.00 e. The number of nitrogens with zero attached hydrogens (tertiary/aromatic N) is 4. The van der Waals surface area contributed by atoms with E-state index in [1.807, 2.05) is 0 Å². The summed E-state index contributed by atoms with van der Waals surface area (Å²) in [6.45, 7) is 3.46. The molecule has 1 aromatic rings. The number of fused-ring (bicyclic) bond motifs is 1. The molecule has 2 unspecified atom stereocenters. The van der Waals surface area contributed by atoms with Crippen molar-refractivity contribution in [1.29, 1.82) is 0 Å². The molecule has 0 spiro atoms. The molecule has 32 heavy (non-hydrogen) atoms. The molecule has 15 heteroatoms. The number of β-lactam (4-membered cyclic amide) rings is 1. The van der Waals surface area contributed by atoms with Gasteiger partial charge in [0, 0.05) is 18.2 Å². The third-order valence-corrected chi connectivity index (χ3v) is 6.17. The topological polar surface area (TPSA) is 177 Å². The van der Waals surface area contributed by atoms with E-state index in [0.29, 0.717) is 0 Å². The second-order valence-electron chi connectivity index (χ2n) is 6.91. The van der Waals surface area contributed by atoms with Crippen LogP contribution in [0.15, 0.2) is 11.3 Å². The Balaban J connectivity index is 0.00000363. The molecule has 2 aliphatic heterocycles. The van der Waals surface area contributed by atoms with E-state index in [1.165, 1.54) is 37.2 Å². The van der Waals surface area contributed by atoms with Crippen LogP contribution in [0.4, 0.5) is 5.69 Å². The van der Waals surface area contributed by atoms with Crippen molar-refractivity contribution in [2.24, 2.45) is 0 Å². The Kier molecular flexibility index (Phi) is 8.09. The minimum Gasteiger partial charge on any atom is -0.543 e. The van der Waals surface area contributed by atoms with Crippen molar-refractivity contribution >= 4 is 41.2 Å². The van der Waals surface area contributed by atoms with E-state index >= 15 is 0 Å². The summed E-state index contributed by atoms with van der Waals surface area (Å²) in [7, 11) is 0. The summed E-state index contributed by atoms with van der Waals surface area (Å²) in [4.78, 5) is 59.1. The number of carboxylic acid groups (broad SMARTS) is 1. The zero-order valence-corrected chi connectivity index (χ0v) is 20.6. The number of nitro groups is 1. The smallest absolute Gasteiger partial charge is 0.543 e. The average Bonchev–Trinajstić information content (AvgIpc) is 2.96. The predicted octanol–water partition coefficient (Wildman–Crippen LogP) is -4.62. The Morgan fingerprint density at radius 3 is 2.53 bits per heavy atom. The van der Waals surface area contributed by atoms with Crippen LogP contribution in [-0.2, 0) is 30.5 Å². The Hall–Kier alpha value is -2.42. The van der Waals surface area contributed by atoms with Gasteiger partial charge in [0.15, 0.2) is 0 Å². The fraction of sp³-hybridized carbons (Fsp3) is 0.471. The van der Waals surface area contributed by atoms with Crippen molar-refractivity contribution in [2.75, 3.05) is 12.4 Å². The van der Waals surface area contributed by atoms with E-state index in [0.717, 1.165) is 4.90 Å². The Labute approximate surface area is 207 Å². The van der Waals surface area contributed by atoms with Gasteiger partial charge in [0.1, 0.15) is 36.0 Å².